The lowest BCUT2D eigenvalue weighted by Gasteiger charge is -2.11. The van der Waals surface area contributed by atoms with Gasteiger partial charge in [-0.3, -0.25) is 9.59 Å². The van der Waals surface area contributed by atoms with Crippen molar-refractivity contribution in [2.75, 3.05) is 0 Å². The molecular formula is C17H10N2O5S. The lowest BCUT2D eigenvalue weighted by atomic mass is 10.1. The summed E-state index contributed by atoms with van der Waals surface area (Å²) in [5, 5.41) is 0.982. The van der Waals surface area contributed by atoms with Crippen LogP contribution < -0.4 is 0 Å². The first-order valence-corrected chi connectivity index (χ1v) is 8.09. The van der Waals surface area contributed by atoms with Gasteiger partial charge >= 0.3 is 5.97 Å². The maximum absolute atomic E-state index is 12.4. The van der Waals surface area contributed by atoms with E-state index in [1.807, 2.05) is 0 Å². The van der Waals surface area contributed by atoms with E-state index in [1.165, 1.54) is 29.7 Å². The molecule has 8 heteroatoms. The zero-order valence-electron chi connectivity index (χ0n) is 12.9. The first-order chi connectivity index (χ1) is 12.1. The highest BCUT2D eigenvalue weighted by Gasteiger charge is 2.39. The van der Waals surface area contributed by atoms with Crippen LogP contribution in [0.2, 0.25) is 0 Å². The summed E-state index contributed by atoms with van der Waals surface area (Å²) in [6, 6.07) is 9.71. The highest BCUT2D eigenvalue weighted by molar-refractivity contribution is 7.15. The predicted octanol–water partition coefficient (Wildman–Crippen LogP) is 3.08. The van der Waals surface area contributed by atoms with Crippen molar-refractivity contribution in [2.45, 2.75) is 6.92 Å². The van der Waals surface area contributed by atoms with Gasteiger partial charge in [-0.15, -0.1) is 11.3 Å². The minimum absolute atomic E-state index is 0.0351. The number of hydroxylamine groups is 2. The SMILES string of the molecule is Cc1sc(-c2ccco2)nc1C(=O)ON1C(=O)c2ccccc2C1=O. The van der Waals surface area contributed by atoms with Crippen molar-refractivity contribution in [1.82, 2.24) is 10.0 Å². The quantitative estimate of drug-likeness (QED) is 0.672. The van der Waals surface area contributed by atoms with Crippen LogP contribution in [0.25, 0.3) is 10.8 Å². The molecule has 0 radical (unpaired) electrons. The molecule has 4 rings (SSSR count). The van der Waals surface area contributed by atoms with E-state index >= 15 is 0 Å². The van der Waals surface area contributed by atoms with E-state index in [9.17, 15) is 14.4 Å². The van der Waals surface area contributed by atoms with Crippen LogP contribution in [0.1, 0.15) is 36.1 Å². The molecule has 0 spiro atoms. The number of hydrogen-bond donors (Lipinski definition) is 0. The van der Waals surface area contributed by atoms with E-state index in [1.54, 1.807) is 31.2 Å². The number of aryl methyl sites for hydroxylation is 1. The number of hydrogen-bond acceptors (Lipinski definition) is 7. The number of imide groups is 1. The van der Waals surface area contributed by atoms with Crippen molar-refractivity contribution < 1.29 is 23.6 Å². The second-order valence-electron chi connectivity index (χ2n) is 5.23. The van der Waals surface area contributed by atoms with Gasteiger partial charge < -0.3 is 9.25 Å². The molecule has 0 atom stereocenters. The van der Waals surface area contributed by atoms with Gasteiger partial charge in [0, 0.05) is 4.88 Å². The van der Waals surface area contributed by atoms with Crippen LogP contribution >= 0.6 is 11.3 Å². The summed E-state index contributed by atoms with van der Waals surface area (Å²) in [6.45, 7) is 1.70. The second-order valence-corrected chi connectivity index (χ2v) is 6.43. The standard InChI is InChI=1S/C17H10N2O5S/c1-9-13(18-14(25-9)12-7-4-8-23-12)17(22)24-19-15(20)10-5-2-3-6-11(10)16(19)21/h2-8H,1H3. The Bertz CT molecular complexity index is 971. The van der Waals surface area contributed by atoms with Crippen LogP contribution in [-0.4, -0.2) is 27.8 Å². The zero-order chi connectivity index (χ0) is 17.6. The van der Waals surface area contributed by atoms with Gasteiger partial charge in [0.15, 0.2) is 16.5 Å². The molecule has 1 aliphatic rings. The van der Waals surface area contributed by atoms with E-state index in [0.717, 1.165) is 0 Å². The minimum Gasteiger partial charge on any atom is -0.462 e. The normalized spacial score (nSPS) is 13.2. The fraction of sp³-hybridized carbons (Fsp3) is 0.0588. The average molecular weight is 354 g/mol. The Morgan fingerprint density at radius 3 is 2.40 bits per heavy atom. The van der Waals surface area contributed by atoms with Gasteiger partial charge in [-0.05, 0) is 31.2 Å². The second kappa shape index (κ2) is 5.67. The van der Waals surface area contributed by atoms with Crippen molar-refractivity contribution >= 4 is 29.1 Å². The molecule has 25 heavy (non-hydrogen) atoms. The van der Waals surface area contributed by atoms with Gasteiger partial charge in [0.2, 0.25) is 0 Å². The molecule has 7 nitrogen and oxygen atoms in total. The van der Waals surface area contributed by atoms with E-state index in [-0.39, 0.29) is 16.8 Å². The summed E-state index contributed by atoms with van der Waals surface area (Å²) in [4.78, 5) is 46.7. The molecule has 1 aromatic carbocycles. The number of benzene rings is 1. The average Bonchev–Trinajstić information content (AvgIpc) is 3.31. The molecule has 1 aliphatic heterocycles. The first kappa shape index (κ1) is 15.3. The molecule has 3 heterocycles. The largest absolute Gasteiger partial charge is 0.462 e. The number of thiazole rings is 1. The predicted molar refractivity (Wildman–Crippen MR) is 86.9 cm³/mol. The van der Waals surface area contributed by atoms with Gasteiger partial charge in [0.1, 0.15) is 0 Å². The number of furan rings is 1. The summed E-state index contributed by atoms with van der Waals surface area (Å²) in [6.07, 6.45) is 1.50. The van der Waals surface area contributed by atoms with Crippen molar-refractivity contribution in [3.63, 3.8) is 0 Å². The van der Waals surface area contributed by atoms with Crippen molar-refractivity contribution in [1.29, 1.82) is 0 Å². The van der Waals surface area contributed by atoms with E-state index in [4.69, 9.17) is 9.25 Å². The van der Waals surface area contributed by atoms with E-state index in [0.29, 0.717) is 20.7 Å². The Labute approximate surface area is 145 Å². The van der Waals surface area contributed by atoms with Crippen LogP contribution in [-0.2, 0) is 4.84 Å². The highest BCUT2D eigenvalue weighted by Crippen LogP contribution is 2.29. The van der Waals surface area contributed by atoms with Crippen LogP contribution in [0.3, 0.4) is 0 Å². The third kappa shape index (κ3) is 2.43. The third-order valence-corrected chi connectivity index (χ3v) is 4.64. The maximum Gasteiger partial charge on any atom is 0.383 e. The van der Waals surface area contributed by atoms with E-state index < -0.39 is 17.8 Å². The van der Waals surface area contributed by atoms with Crippen LogP contribution in [0, 0.1) is 6.92 Å². The van der Waals surface area contributed by atoms with E-state index in [2.05, 4.69) is 4.98 Å². The third-order valence-electron chi connectivity index (χ3n) is 3.65. The van der Waals surface area contributed by atoms with Crippen LogP contribution in [0.5, 0.6) is 0 Å². The molecule has 2 amide bonds. The van der Waals surface area contributed by atoms with Gasteiger partial charge in [-0.1, -0.05) is 17.2 Å². The van der Waals surface area contributed by atoms with Crippen LogP contribution in [0.4, 0.5) is 0 Å². The fourth-order valence-corrected chi connectivity index (χ4v) is 3.34. The highest BCUT2D eigenvalue weighted by atomic mass is 32.1. The van der Waals surface area contributed by atoms with Gasteiger partial charge in [-0.2, -0.15) is 0 Å². The summed E-state index contributed by atoms with van der Waals surface area (Å²) >= 11 is 1.25. The number of nitrogens with zero attached hydrogens (tertiary/aromatic N) is 2. The topological polar surface area (TPSA) is 89.7 Å². The zero-order valence-corrected chi connectivity index (χ0v) is 13.7. The van der Waals surface area contributed by atoms with Gasteiger partial charge in [-0.25, -0.2) is 9.78 Å². The fourth-order valence-electron chi connectivity index (χ4n) is 2.47. The van der Waals surface area contributed by atoms with Crippen molar-refractivity contribution in [3.8, 4) is 10.8 Å². The van der Waals surface area contributed by atoms with Crippen molar-refractivity contribution in [2.24, 2.45) is 0 Å². The van der Waals surface area contributed by atoms with Crippen molar-refractivity contribution in [3.05, 3.63) is 64.4 Å². The summed E-state index contributed by atoms with van der Waals surface area (Å²) < 4.78 is 5.25. The minimum atomic E-state index is -0.874. The summed E-state index contributed by atoms with van der Waals surface area (Å²) in [5.41, 5.74) is 0.436. The first-order valence-electron chi connectivity index (χ1n) is 7.27. The van der Waals surface area contributed by atoms with Gasteiger partial charge in [0.25, 0.3) is 11.8 Å². The Morgan fingerprint density at radius 1 is 1.12 bits per heavy atom. The smallest absolute Gasteiger partial charge is 0.383 e. The number of carbonyl (C=O) groups excluding carboxylic acids is 3. The number of carbonyl (C=O) groups is 3. The Balaban J connectivity index is 1.60. The Hall–Kier alpha value is -3.26. The Morgan fingerprint density at radius 2 is 1.80 bits per heavy atom. The molecule has 0 saturated carbocycles. The molecule has 124 valence electrons. The lowest BCUT2D eigenvalue weighted by Crippen LogP contribution is -2.33. The molecule has 3 aromatic rings. The molecule has 0 aliphatic carbocycles. The molecule has 0 unspecified atom stereocenters. The van der Waals surface area contributed by atoms with Gasteiger partial charge in [0.05, 0.1) is 17.4 Å². The number of amides is 2. The number of rotatable bonds is 3. The monoisotopic (exact) mass is 354 g/mol. The molecule has 0 saturated heterocycles. The molecular weight excluding hydrogens is 344 g/mol. The Kier molecular flexibility index (Phi) is 3.47. The molecule has 0 fully saturated rings. The summed E-state index contributed by atoms with van der Waals surface area (Å²) in [5.74, 6) is -1.70. The van der Waals surface area contributed by atoms with Crippen LogP contribution in [0.15, 0.2) is 47.1 Å². The number of fused-ring (bicyclic) bond motifs is 1. The molecule has 2 aromatic heterocycles. The molecule has 0 bridgehead atoms. The lowest BCUT2D eigenvalue weighted by molar-refractivity contribution is -0.0588. The summed E-state index contributed by atoms with van der Waals surface area (Å²) in [7, 11) is 0. The maximum atomic E-state index is 12.4. The number of aromatic nitrogens is 1. The molecule has 0 N–H and O–H groups in total.